The Morgan fingerprint density at radius 1 is 0.717 bits per heavy atom. The van der Waals surface area contributed by atoms with E-state index in [9.17, 15) is 0 Å². The van der Waals surface area contributed by atoms with Gasteiger partial charge in [0.1, 0.15) is 0 Å². The molecule has 0 N–H and O–H groups in total. The first-order chi connectivity index (χ1) is 30.3. The molecule has 0 aliphatic rings. The van der Waals surface area contributed by atoms with Crippen molar-refractivity contribution in [1.82, 2.24) is 15.0 Å². The van der Waals surface area contributed by atoms with E-state index in [1.165, 1.54) is 24.3 Å². The third kappa shape index (κ3) is 8.54. The number of aryl methyl sites for hydroxylation is 5. The Morgan fingerprint density at radius 3 is 2.19 bits per heavy atom. The van der Waals surface area contributed by atoms with Crippen LogP contribution in [0.5, 0.6) is 0 Å². The van der Waals surface area contributed by atoms with Crippen LogP contribution in [0, 0.1) is 32.7 Å². The topological polar surface area (TPSA) is 51.8 Å². The van der Waals surface area contributed by atoms with Crippen molar-refractivity contribution in [3.05, 3.63) is 173 Å². The maximum atomic E-state index is 8.62. The van der Waals surface area contributed by atoms with Crippen molar-refractivity contribution in [2.45, 2.75) is 59.5 Å². The molecule has 4 nitrogen and oxygen atoms in total. The van der Waals surface area contributed by atoms with Crippen LogP contribution in [0.3, 0.4) is 0 Å². The van der Waals surface area contributed by atoms with Crippen LogP contribution in [0.4, 0.5) is 0 Å². The number of aromatic nitrogens is 3. The molecule has 53 heavy (non-hydrogen) atoms. The van der Waals surface area contributed by atoms with Crippen molar-refractivity contribution in [2.24, 2.45) is 0 Å². The molecule has 0 spiro atoms. The first kappa shape index (κ1) is 24.2. The standard InChI is InChI=1S/C26H21N2O.C22H22N.Ir/c1-17-15-24(27-16-18(17)2)23-10-6-9-21-22-14-13-20(28-26(22)29-25(21)23)12-11-19-7-4-3-5-8-19;1-16-10-11-18(14-20(16)17-8-6-5-7-9-17)21-13-12-19(15-23-21)22(2,3)4;/h3-9,13-16H,11-12H2,1-2H3;5-10,12-15H,1-4H3;/q2*-1;/i1D3,2D3,11D2,12D2;1D3;. The monoisotopic (exact) mass is 883 g/mol. The molecular weight excluding hydrogens is 827 g/mol. The van der Waals surface area contributed by atoms with Crippen LogP contribution in [-0.4, -0.2) is 15.0 Å². The molecule has 0 atom stereocenters. The summed E-state index contributed by atoms with van der Waals surface area (Å²) in [6, 6.07) is 38.6. The predicted octanol–water partition coefficient (Wildman–Crippen LogP) is 12.1. The van der Waals surface area contributed by atoms with E-state index in [1.54, 1.807) is 42.5 Å². The van der Waals surface area contributed by atoms with Gasteiger partial charge in [0.05, 0.1) is 5.58 Å². The van der Waals surface area contributed by atoms with Gasteiger partial charge in [-0.25, -0.2) is 4.98 Å². The van der Waals surface area contributed by atoms with Crippen LogP contribution < -0.4 is 0 Å². The van der Waals surface area contributed by atoms with Crippen molar-refractivity contribution < 1.29 is 42.3 Å². The summed E-state index contributed by atoms with van der Waals surface area (Å²) >= 11 is 0. The third-order valence-corrected chi connectivity index (χ3v) is 8.51. The molecule has 0 fully saturated rings. The zero-order valence-electron chi connectivity index (χ0n) is 42.2. The van der Waals surface area contributed by atoms with Crippen LogP contribution in [-0.2, 0) is 38.3 Å². The van der Waals surface area contributed by atoms with Crippen LogP contribution >= 0.6 is 0 Å². The van der Waals surface area contributed by atoms with Crippen molar-refractivity contribution in [1.29, 1.82) is 0 Å². The Kier molecular flexibility index (Phi) is 7.39. The molecule has 0 aliphatic heterocycles. The van der Waals surface area contributed by atoms with E-state index in [1.807, 2.05) is 48.7 Å². The number of nitrogens with zero attached hydrogens (tertiary/aromatic N) is 3. The average Bonchev–Trinajstić information content (AvgIpc) is 3.64. The molecule has 4 aromatic carbocycles. The number of furan rings is 1. The van der Waals surface area contributed by atoms with Crippen molar-refractivity contribution in [3.63, 3.8) is 0 Å². The summed E-state index contributed by atoms with van der Waals surface area (Å²) in [6.07, 6.45) is -2.02. The minimum Gasteiger partial charge on any atom is -0.486 e. The van der Waals surface area contributed by atoms with Gasteiger partial charge in [-0.2, -0.15) is 0 Å². The second-order valence-corrected chi connectivity index (χ2v) is 13.2. The quantitative estimate of drug-likeness (QED) is 0.156. The Morgan fingerprint density at radius 2 is 1.47 bits per heavy atom. The smallest absolute Gasteiger partial charge is 0.216 e. The van der Waals surface area contributed by atoms with E-state index in [2.05, 4.69) is 53.9 Å². The fourth-order valence-electron chi connectivity index (χ4n) is 5.62. The Balaban J connectivity index is 0.000000233. The largest absolute Gasteiger partial charge is 0.486 e. The van der Waals surface area contributed by atoms with E-state index in [-0.39, 0.29) is 70.5 Å². The van der Waals surface area contributed by atoms with E-state index >= 15 is 0 Å². The molecule has 0 bridgehead atoms. The van der Waals surface area contributed by atoms with Gasteiger partial charge in [0.2, 0.25) is 5.71 Å². The summed E-state index contributed by atoms with van der Waals surface area (Å²) < 4.78 is 110. The average molecular weight is 883 g/mol. The molecule has 5 heteroatoms. The number of hydrogen-bond acceptors (Lipinski definition) is 4. The molecular formula is C48H43IrN3O-2. The van der Waals surface area contributed by atoms with Gasteiger partial charge in [0, 0.05) is 61.4 Å². The number of pyridine rings is 3. The van der Waals surface area contributed by atoms with Crippen molar-refractivity contribution in [2.75, 3.05) is 0 Å². The summed E-state index contributed by atoms with van der Waals surface area (Å²) in [4.78, 5) is 13.1. The number of fused-ring (bicyclic) bond motifs is 3. The molecule has 8 rings (SSSR count). The molecule has 4 aromatic heterocycles. The van der Waals surface area contributed by atoms with E-state index in [0.29, 0.717) is 21.9 Å². The summed E-state index contributed by atoms with van der Waals surface area (Å²) in [6.45, 7) is -1.13. The normalized spacial score (nSPS) is 16.1. The van der Waals surface area contributed by atoms with Gasteiger partial charge in [-0.3, -0.25) is 0 Å². The van der Waals surface area contributed by atoms with Crippen LogP contribution in [0.2, 0.25) is 0 Å². The third-order valence-electron chi connectivity index (χ3n) is 8.51. The minimum atomic E-state index is -2.71. The predicted molar refractivity (Wildman–Crippen MR) is 214 cm³/mol. The molecule has 0 saturated carbocycles. The van der Waals surface area contributed by atoms with Crippen molar-refractivity contribution >= 4 is 22.1 Å². The zero-order chi connectivity index (χ0) is 47.3. The summed E-state index contributed by atoms with van der Waals surface area (Å²) in [5.41, 5.74) is 4.61. The summed E-state index contributed by atoms with van der Waals surface area (Å²) in [7, 11) is 0. The molecule has 4 heterocycles. The maximum Gasteiger partial charge on any atom is 0.216 e. The molecule has 0 saturated heterocycles. The Hall–Kier alpha value is -5.22. The molecule has 0 amide bonds. The Labute approximate surface area is 345 Å². The number of hydrogen-bond donors (Lipinski definition) is 0. The second-order valence-electron chi connectivity index (χ2n) is 13.2. The molecule has 1 radical (unpaired) electrons. The summed E-state index contributed by atoms with van der Waals surface area (Å²) in [5, 5.41) is 1.09. The molecule has 8 aromatic rings. The van der Waals surface area contributed by atoms with Crippen LogP contribution in [0.25, 0.3) is 55.7 Å². The van der Waals surface area contributed by atoms with Gasteiger partial charge in [-0.05, 0) is 77.6 Å². The minimum absolute atomic E-state index is 0. The van der Waals surface area contributed by atoms with Gasteiger partial charge in [0.25, 0.3) is 0 Å². The van der Waals surface area contributed by atoms with Crippen LogP contribution in [0.1, 0.15) is 72.1 Å². The van der Waals surface area contributed by atoms with Gasteiger partial charge in [0.15, 0.2) is 0 Å². The number of rotatable bonds is 6. The van der Waals surface area contributed by atoms with E-state index < -0.39 is 33.3 Å². The summed E-state index contributed by atoms with van der Waals surface area (Å²) in [5.74, 6) is 0. The zero-order valence-corrected chi connectivity index (χ0v) is 31.6. The number of benzene rings is 4. The van der Waals surface area contributed by atoms with Crippen molar-refractivity contribution in [3.8, 4) is 33.6 Å². The first-order valence-electron chi connectivity index (χ1n) is 23.2. The van der Waals surface area contributed by atoms with Gasteiger partial charge >= 0.3 is 0 Å². The molecule has 0 unspecified atom stereocenters. The van der Waals surface area contributed by atoms with Gasteiger partial charge in [-0.1, -0.05) is 129 Å². The van der Waals surface area contributed by atoms with Gasteiger partial charge in [-0.15, -0.1) is 47.5 Å². The first-order valence-corrected chi connectivity index (χ1v) is 16.7. The molecule has 0 aliphatic carbocycles. The van der Waals surface area contributed by atoms with Gasteiger partial charge < -0.3 is 14.4 Å². The Bertz CT molecular complexity index is 2980. The fourth-order valence-corrected chi connectivity index (χ4v) is 5.62. The van der Waals surface area contributed by atoms with E-state index in [4.69, 9.17) is 22.2 Å². The molecule has 267 valence electrons. The van der Waals surface area contributed by atoms with E-state index in [0.717, 1.165) is 28.6 Å². The maximum absolute atomic E-state index is 8.62. The fraction of sp³-hybridized carbons (Fsp3) is 0.188. The second kappa shape index (κ2) is 16.2. The SMILES string of the molecule is [2H]C([2H])([2H])c1c[c-]c(-c2ccc(C(C)(C)C)cn2)cc1-c1ccccc1.[2H]C([2H])([2H])c1cnc(-c2[c-]ccc3c2oc2nc(C([2H])([2H])C([2H])([2H])c4ccccc4)ccc23)cc1C([2H])([2H])[2H].[Ir]. The van der Waals surface area contributed by atoms with Crippen LogP contribution in [0.15, 0.2) is 132 Å².